The van der Waals surface area contributed by atoms with Crippen LogP contribution in [-0.4, -0.2) is 35.4 Å². The molecule has 1 aliphatic carbocycles. The van der Waals surface area contributed by atoms with Crippen molar-refractivity contribution in [2.45, 2.75) is 71.5 Å². The Balaban J connectivity index is 1.76. The number of carbonyl (C=O) groups is 2. The Labute approximate surface area is 206 Å². The molecule has 1 atom stereocenters. The lowest BCUT2D eigenvalue weighted by Crippen LogP contribution is -2.51. The Morgan fingerprint density at radius 1 is 1.09 bits per heavy atom. The second-order valence-corrected chi connectivity index (χ2v) is 9.68. The predicted molar refractivity (Wildman–Crippen MR) is 133 cm³/mol. The summed E-state index contributed by atoms with van der Waals surface area (Å²) in [7, 11) is 0. The molecule has 0 aromatic heterocycles. The van der Waals surface area contributed by atoms with Gasteiger partial charge < -0.3 is 15.0 Å². The van der Waals surface area contributed by atoms with Crippen LogP contribution in [0.5, 0.6) is 5.75 Å². The summed E-state index contributed by atoms with van der Waals surface area (Å²) in [5.74, 6) is 0.215. The molecule has 178 valence electrons. The monoisotopic (exact) mass is 490 g/mol. The molecule has 2 aromatic rings. The summed E-state index contributed by atoms with van der Waals surface area (Å²) in [6.07, 6.45) is 5.39. The molecule has 33 heavy (non-hydrogen) atoms. The third-order valence-electron chi connectivity index (χ3n) is 6.17. The van der Waals surface area contributed by atoms with Crippen LogP contribution in [0.25, 0.3) is 0 Å². The molecule has 3 rings (SSSR count). The fraction of sp³-hybridized carbons (Fsp3) is 0.462. The second-order valence-electron chi connectivity index (χ2n) is 8.83. The van der Waals surface area contributed by atoms with Crippen molar-refractivity contribution in [1.29, 1.82) is 0 Å². The minimum absolute atomic E-state index is 0.160. The Bertz CT molecular complexity index is 989. The first kappa shape index (κ1) is 25.4. The van der Waals surface area contributed by atoms with Gasteiger partial charge in [0.25, 0.3) is 5.91 Å². The molecule has 0 unspecified atom stereocenters. The summed E-state index contributed by atoms with van der Waals surface area (Å²) in [6.45, 7) is 5.67. The number of rotatable bonds is 8. The van der Waals surface area contributed by atoms with Crippen LogP contribution in [0.4, 0.5) is 0 Å². The number of ether oxygens (including phenoxy) is 1. The van der Waals surface area contributed by atoms with Crippen molar-refractivity contribution in [2.24, 2.45) is 0 Å². The van der Waals surface area contributed by atoms with Gasteiger partial charge in [-0.15, -0.1) is 0 Å². The average molecular weight is 491 g/mol. The lowest BCUT2D eigenvalue weighted by molar-refractivity contribution is -0.142. The summed E-state index contributed by atoms with van der Waals surface area (Å²) in [5, 5.41) is 4.10. The third kappa shape index (κ3) is 7.12. The first-order chi connectivity index (χ1) is 15.7. The van der Waals surface area contributed by atoms with Gasteiger partial charge in [0.15, 0.2) is 6.61 Å². The van der Waals surface area contributed by atoms with E-state index in [2.05, 4.69) is 5.32 Å². The molecule has 0 radical (unpaired) electrons. The van der Waals surface area contributed by atoms with Crippen LogP contribution in [-0.2, 0) is 16.1 Å². The van der Waals surface area contributed by atoms with Crippen molar-refractivity contribution in [2.75, 3.05) is 6.61 Å². The molecule has 2 aromatic carbocycles. The normalized spacial score (nSPS) is 15.1. The second kappa shape index (κ2) is 11.8. The molecule has 1 aliphatic rings. The van der Waals surface area contributed by atoms with E-state index >= 15 is 0 Å². The number of halogens is 2. The maximum absolute atomic E-state index is 13.3. The summed E-state index contributed by atoms with van der Waals surface area (Å²) in [4.78, 5) is 27.9. The molecule has 2 amide bonds. The standard InChI is InChI=1S/C26H32Cl2N2O3/c1-17-9-10-18(2)24(13-17)33-16-25(31)30(15-20-11-12-21(27)14-23(20)28)19(3)26(32)29-22-7-5-4-6-8-22/h9-14,19,22H,4-8,15-16H2,1-3H3,(H,29,32)/t19-/m0/s1. The Morgan fingerprint density at radius 2 is 1.82 bits per heavy atom. The molecule has 1 saturated carbocycles. The highest BCUT2D eigenvalue weighted by atomic mass is 35.5. The number of amides is 2. The van der Waals surface area contributed by atoms with Gasteiger partial charge >= 0.3 is 0 Å². The molecular formula is C26H32Cl2N2O3. The van der Waals surface area contributed by atoms with Gasteiger partial charge in [-0.25, -0.2) is 0 Å². The van der Waals surface area contributed by atoms with Gasteiger partial charge in [-0.05, 0) is 68.5 Å². The highest BCUT2D eigenvalue weighted by Crippen LogP contribution is 2.24. The van der Waals surface area contributed by atoms with E-state index in [1.165, 1.54) is 11.3 Å². The molecule has 7 heteroatoms. The highest BCUT2D eigenvalue weighted by Gasteiger charge is 2.29. The first-order valence-corrected chi connectivity index (χ1v) is 12.2. The molecular weight excluding hydrogens is 459 g/mol. The van der Waals surface area contributed by atoms with E-state index in [4.69, 9.17) is 27.9 Å². The molecule has 0 saturated heterocycles. The van der Waals surface area contributed by atoms with Gasteiger partial charge in [0.1, 0.15) is 11.8 Å². The molecule has 0 heterocycles. The number of hydrogen-bond donors (Lipinski definition) is 1. The minimum atomic E-state index is -0.673. The number of aryl methyl sites for hydroxylation is 2. The zero-order valence-corrected chi connectivity index (χ0v) is 21.0. The smallest absolute Gasteiger partial charge is 0.261 e. The number of benzene rings is 2. The predicted octanol–water partition coefficient (Wildman–Crippen LogP) is 5.86. The van der Waals surface area contributed by atoms with Crippen LogP contribution in [0.2, 0.25) is 10.0 Å². The zero-order chi connectivity index (χ0) is 24.0. The van der Waals surface area contributed by atoms with E-state index in [0.717, 1.165) is 42.4 Å². The first-order valence-electron chi connectivity index (χ1n) is 11.5. The van der Waals surface area contributed by atoms with Crippen molar-refractivity contribution in [3.8, 4) is 5.75 Å². The highest BCUT2D eigenvalue weighted by molar-refractivity contribution is 6.35. The fourth-order valence-corrected chi connectivity index (χ4v) is 4.54. The maximum atomic E-state index is 13.3. The number of carbonyl (C=O) groups excluding carboxylic acids is 2. The summed E-state index contributed by atoms with van der Waals surface area (Å²) in [5.41, 5.74) is 2.72. The van der Waals surface area contributed by atoms with E-state index in [9.17, 15) is 9.59 Å². The summed E-state index contributed by atoms with van der Waals surface area (Å²) >= 11 is 12.4. The third-order valence-corrected chi connectivity index (χ3v) is 6.76. The van der Waals surface area contributed by atoms with E-state index in [0.29, 0.717) is 15.8 Å². The quantitative estimate of drug-likeness (QED) is 0.504. The number of hydrogen-bond acceptors (Lipinski definition) is 3. The van der Waals surface area contributed by atoms with Gasteiger partial charge in [0.2, 0.25) is 5.91 Å². The van der Waals surface area contributed by atoms with Crippen LogP contribution in [0, 0.1) is 13.8 Å². The van der Waals surface area contributed by atoms with E-state index in [1.807, 2.05) is 32.0 Å². The van der Waals surface area contributed by atoms with Crippen molar-refractivity contribution >= 4 is 35.0 Å². The summed E-state index contributed by atoms with van der Waals surface area (Å²) < 4.78 is 5.85. The SMILES string of the molecule is Cc1ccc(C)c(OCC(=O)N(Cc2ccc(Cl)cc2Cl)[C@@H](C)C(=O)NC2CCCCC2)c1. The molecule has 1 fully saturated rings. The van der Waals surface area contributed by atoms with E-state index < -0.39 is 6.04 Å². The fourth-order valence-electron chi connectivity index (χ4n) is 4.07. The lowest BCUT2D eigenvalue weighted by atomic mass is 9.95. The zero-order valence-electron chi connectivity index (χ0n) is 19.5. The number of nitrogens with one attached hydrogen (secondary N) is 1. The van der Waals surface area contributed by atoms with E-state index in [-0.39, 0.29) is 31.0 Å². The van der Waals surface area contributed by atoms with Crippen molar-refractivity contribution in [3.63, 3.8) is 0 Å². The van der Waals surface area contributed by atoms with Crippen LogP contribution >= 0.6 is 23.2 Å². The summed E-state index contributed by atoms with van der Waals surface area (Å²) in [6, 6.07) is 10.5. The average Bonchev–Trinajstić information content (AvgIpc) is 2.79. The molecule has 1 N–H and O–H groups in total. The van der Waals surface area contributed by atoms with Crippen molar-refractivity contribution in [1.82, 2.24) is 10.2 Å². The van der Waals surface area contributed by atoms with Gasteiger partial charge in [-0.1, -0.05) is 60.7 Å². The Morgan fingerprint density at radius 3 is 2.52 bits per heavy atom. The topological polar surface area (TPSA) is 58.6 Å². The maximum Gasteiger partial charge on any atom is 0.261 e. The Kier molecular flexibility index (Phi) is 9.04. The van der Waals surface area contributed by atoms with Crippen LogP contribution in [0.15, 0.2) is 36.4 Å². The lowest BCUT2D eigenvalue weighted by Gasteiger charge is -2.31. The van der Waals surface area contributed by atoms with Crippen molar-refractivity contribution in [3.05, 3.63) is 63.1 Å². The van der Waals surface area contributed by atoms with Crippen molar-refractivity contribution < 1.29 is 14.3 Å². The van der Waals surface area contributed by atoms with Gasteiger partial charge in [-0.2, -0.15) is 0 Å². The molecule has 0 aliphatic heterocycles. The van der Waals surface area contributed by atoms with Crippen LogP contribution < -0.4 is 10.1 Å². The van der Waals surface area contributed by atoms with E-state index in [1.54, 1.807) is 25.1 Å². The van der Waals surface area contributed by atoms with Gasteiger partial charge in [0, 0.05) is 22.6 Å². The van der Waals surface area contributed by atoms with Crippen LogP contribution in [0.3, 0.4) is 0 Å². The molecule has 0 bridgehead atoms. The minimum Gasteiger partial charge on any atom is -0.483 e. The Hall–Kier alpha value is -2.24. The van der Waals surface area contributed by atoms with Gasteiger partial charge in [-0.3, -0.25) is 9.59 Å². The molecule has 5 nitrogen and oxygen atoms in total. The number of nitrogens with zero attached hydrogens (tertiary/aromatic N) is 1. The van der Waals surface area contributed by atoms with Crippen LogP contribution in [0.1, 0.15) is 55.7 Å². The molecule has 0 spiro atoms. The van der Waals surface area contributed by atoms with Gasteiger partial charge in [0.05, 0.1) is 0 Å². The largest absolute Gasteiger partial charge is 0.483 e.